The van der Waals surface area contributed by atoms with Crippen LogP contribution in [0.1, 0.15) is 24.8 Å². The number of rotatable bonds is 6. The number of aromatic nitrogens is 1. The van der Waals surface area contributed by atoms with Crippen molar-refractivity contribution in [2.24, 2.45) is 11.7 Å². The molecule has 5 heteroatoms. The van der Waals surface area contributed by atoms with E-state index in [0.717, 1.165) is 28.1 Å². The largest absolute Gasteiger partial charge is 0.339 e. The van der Waals surface area contributed by atoms with Crippen LogP contribution in [0.25, 0.3) is 10.2 Å². The van der Waals surface area contributed by atoms with E-state index in [0.29, 0.717) is 13.1 Å². The van der Waals surface area contributed by atoms with Crippen molar-refractivity contribution in [3.05, 3.63) is 29.3 Å². The lowest BCUT2D eigenvalue weighted by molar-refractivity contribution is -0.134. The van der Waals surface area contributed by atoms with Gasteiger partial charge in [0.2, 0.25) is 5.91 Å². The summed E-state index contributed by atoms with van der Waals surface area (Å²) in [4.78, 5) is 18.6. The van der Waals surface area contributed by atoms with Gasteiger partial charge in [-0.25, -0.2) is 4.98 Å². The molecule has 0 radical (unpaired) electrons. The summed E-state index contributed by atoms with van der Waals surface area (Å²) >= 11 is 1.64. The first-order valence-corrected chi connectivity index (χ1v) is 7.76. The van der Waals surface area contributed by atoms with Crippen molar-refractivity contribution in [3.63, 3.8) is 0 Å². The first kappa shape index (κ1) is 14.9. The fourth-order valence-corrected chi connectivity index (χ4v) is 3.29. The van der Waals surface area contributed by atoms with Gasteiger partial charge in [0.1, 0.15) is 5.01 Å². The van der Waals surface area contributed by atoms with Crippen LogP contribution < -0.4 is 5.73 Å². The second-order valence-corrected chi connectivity index (χ2v) is 6.11. The van der Waals surface area contributed by atoms with Gasteiger partial charge < -0.3 is 10.6 Å². The molecule has 0 spiro atoms. The summed E-state index contributed by atoms with van der Waals surface area (Å²) in [7, 11) is 1.83. The summed E-state index contributed by atoms with van der Waals surface area (Å²) in [5.74, 6) is 0.0491. The average Bonchev–Trinajstić information content (AvgIpc) is 2.86. The molecule has 0 saturated carbocycles. The van der Waals surface area contributed by atoms with Gasteiger partial charge in [0.05, 0.1) is 22.7 Å². The van der Waals surface area contributed by atoms with Crippen LogP contribution in [0.4, 0.5) is 0 Å². The number of nitrogens with two attached hydrogens (primary N) is 1. The molecule has 4 nitrogen and oxygen atoms in total. The molecule has 20 heavy (non-hydrogen) atoms. The van der Waals surface area contributed by atoms with Crippen molar-refractivity contribution in [2.75, 3.05) is 13.6 Å². The normalized spacial score (nSPS) is 12.6. The number of carbonyl (C=O) groups is 1. The number of amides is 1. The lowest BCUT2D eigenvalue weighted by atomic mass is 10.0. The first-order chi connectivity index (χ1) is 9.65. The van der Waals surface area contributed by atoms with Crippen LogP contribution in [-0.4, -0.2) is 29.4 Å². The molecule has 1 heterocycles. The molecular formula is C15H21N3OS. The molecule has 108 valence electrons. The van der Waals surface area contributed by atoms with E-state index in [2.05, 4.69) is 18.0 Å². The molecule has 1 aromatic carbocycles. The lowest BCUT2D eigenvalue weighted by Crippen LogP contribution is -2.36. The average molecular weight is 291 g/mol. The molecule has 1 amide bonds. The summed E-state index contributed by atoms with van der Waals surface area (Å²) in [5, 5.41) is 0.967. The third-order valence-corrected chi connectivity index (χ3v) is 4.38. The number of hydrogen-bond donors (Lipinski definition) is 1. The highest BCUT2D eigenvalue weighted by Gasteiger charge is 2.20. The smallest absolute Gasteiger partial charge is 0.227 e. The molecular weight excluding hydrogens is 270 g/mol. The third-order valence-electron chi connectivity index (χ3n) is 3.36. The highest BCUT2D eigenvalue weighted by molar-refractivity contribution is 7.18. The molecule has 1 atom stereocenters. The molecule has 0 aliphatic heterocycles. The van der Waals surface area contributed by atoms with Crippen molar-refractivity contribution in [2.45, 2.75) is 26.3 Å². The summed E-state index contributed by atoms with van der Waals surface area (Å²) in [6, 6.07) is 8.03. The van der Waals surface area contributed by atoms with Gasteiger partial charge in [0.25, 0.3) is 0 Å². The van der Waals surface area contributed by atoms with Gasteiger partial charge in [-0.05, 0) is 18.6 Å². The Hall–Kier alpha value is -1.46. The monoisotopic (exact) mass is 291 g/mol. The van der Waals surface area contributed by atoms with Crippen molar-refractivity contribution < 1.29 is 4.79 Å². The van der Waals surface area contributed by atoms with Gasteiger partial charge in [-0.3, -0.25) is 4.79 Å². The van der Waals surface area contributed by atoms with Crippen molar-refractivity contribution in [3.8, 4) is 0 Å². The Labute approximate surface area is 123 Å². The predicted octanol–water partition coefficient (Wildman–Crippen LogP) is 2.63. The van der Waals surface area contributed by atoms with E-state index in [1.54, 1.807) is 16.2 Å². The van der Waals surface area contributed by atoms with Crippen LogP contribution >= 0.6 is 11.3 Å². The van der Waals surface area contributed by atoms with Gasteiger partial charge in [-0.1, -0.05) is 25.5 Å². The summed E-state index contributed by atoms with van der Waals surface area (Å²) in [6.07, 6.45) is 1.82. The van der Waals surface area contributed by atoms with E-state index in [9.17, 15) is 4.79 Å². The van der Waals surface area contributed by atoms with Gasteiger partial charge in [0, 0.05) is 13.6 Å². The predicted molar refractivity (Wildman–Crippen MR) is 83.5 cm³/mol. The van der Waals surface area contributed by atoms with Crippen molar-refractivity contribution >= 4 is 27.5 Å². The van der Waals surface area contributed by atoms with Gasteiger partial charge in [0.15, 0.2) is 0 Å². The highest BCUT2D eigenvalue weighted by Crippen LogP contribution is 2.22. The van der Waals surface area contributed by atoms with E-state index in [1.165, 1.54) is 0 Å². The maximum absolute atomic E-state index is 12.3. The van der Waals surface area contributed by atoms with E-state index in [1.807, 2.05) is 25.2 Å². The molecule has 2 N–H and O–H groups in total. The molecule has 2 rings (SSSR count). The Morgan fingerprint density at radius 1 is 1.45 bits per heavy atom. The van der Waals surface area contributed by atoms with Crippen molar-refractivity contribution in [1.29, 1.82) is 0 Å². The standard InChI is InChI=1S/C15H21N3OS/c1-3-6-11(9-16)15(19)18(2)10-14-17-12-7-4-5-8-13(12)20-14/h4-5,7-8,11H,3,6,9-10,16H2,1-2H3. The highest BCUT2D eigenvalue weighted by atomic mass is 32.1. The summed E-state index contributed by atoms with van der Waals surface area (Å²) < 4.78 is 1.16. The Kier molecular flexibility index (Phi) is 5.09. The van der Waals surface area contributed by atoms with Crippen LogP contribution in [0.2, 0.25) is 0 Å². The Morgan fingerprint density at radius 2 is 2.20 bits per heavy atom. The van der Waals surface area contributed by atoms with E-state index in [-0.39, 0.29) is 11.8 Å². The minimum atomic E-state index is -0.0700. The van der Waals surface area contributed by atoms with E-state index >= 15 is 0 Å². The Morgan fingerprint density at radius 3 is 2.85 bits per heavy atom. The summed E-state index contributed by atoms with van der Waals surface area (Å²) in [6.45, 7) is 3.04. The molecule has 0 fully saturated rings. The van der Waals surface area contributed by atoms with Crippen LogP contribution in [0.5, 0.6) is 0 Å². The third kappa shape index (κ3) is 3.35. The van der Waals surface area contributed by atoms with Gasteiger partial charge in [-0.2, -0.15) is 0 Å². The molecule has 0 aliphatic carbocycles. The Balaban J connectivity index is 2.06. The zero-order valence-corrected chi connectivity index (χ0v) is 12.8. The van der Waals surface area contributed by atoms with Gasteiger partial charge in [-0.15, -0.1) is 11.3 Å². The van der Waals surface area contributed by atoms with Gasteiger partial charge >= 0.3 is 0 Å². The fraction of sp³-hybridized carbons (Fsp3) is 0.467. The summed E-state index contributed by atoms with van der Waals surface area (Å²) in [5.41, 5.74) is 6.69. The van der Waals surface area contributed by atoms with Crippen LogP contribution in [-0.2, 0) is 11.3 Å². The second-order valence-electron chi connectivity index (χ2n) is 4.99. The molecule has 2 aromatic rings. The maximum atomic E-state index is 12.3. The minimum Gasteiger partial charge on any atom is -0.339 e. The van der Waals surface area contributed by atoms with Crippen LogP contribution in [0.15, 0.2) is 24.3 Å². The maximum Gasteiger partial charge on any atom is 0.227 e. The van der Waals surface area contributed by atoms with E-state index in [4.69, 9.17) is 5.73 Å². The van der Waals surface area contributed by atoms with E-state index < -0.39 is 0 Å². The number of thiazole rings is 1. The number of fused-ring (bicyclic) bond motifs is 1. The molecule has 1 unspecified atom stereocenters. The van der Waals surface area contributed by atoms with Crippen LogP contribution in [0.3, 0.4) is 0 Å². The fourth-order valence-electron chi connectivity index (χ4n) is 2.27. The SMILES string of the molecule is CCCC(CN)C(=O)N(C)Cc1nc2ccccc2s1. The molecule has 0 bridgehead atoms. The topological polar surface area (TPSA) is 59.2 Å². The van der Waals surface area contributed by atoms with Crippen LogP contribution in [0, 0.1) is 5.92 Å². The molecule has 1 aromatic heterocycles. The molecule has 0 aliphatic rings. The number of hydrogen-bond acceptors (Lipinski definition) is 4. The zero-order chi connectivity index (χ0) is 14.5. The first-order valence-electron chi connectivity index (χ1n) is 6.95. The number of benzene rings is 1. The number of para-hydroxylation sites is 1. The lowest BCUT2D eigenvalue weighted by Gasteiger charge is -2.21. The second kappa shape index (κ2) is 6.81. The zero-order valence-electron chi connectivity index (χ0n) is 12.0. The minimum absolute atomic E-state index is 0.0700. The molecule has 0 saturated heterocycles. The Bertz CT molecular complexity index is 548. The van der Waals surface area contributed by atoms with Crippen molar-refractivity contribution in [1.82, 2.24) is 9.88 Å². The number of nitrogens with zero attached hydrogens (tertiary/aromatic N) is 2. The quantitative estimate of drug-likeness (QED) is 0.890. The number of carbonyl (C=O) groups excluding carboxylic acids is 1.